The summed E-state index contributed by atoms with van der Waals surface area (Å²) in [5.41, 5.74) is 6.27. The van der Waals surface area contributed by atoms with Crippen LogP contribution in [0.5, 0.6) is 0 Å². The Morgan fingerprint density at radius 2 is 2.36 bits per heavy atom. The highest BCUT2D eigenvalue weighted by Gasteiger charge is 2.06. The van der Waals surface area contributed by atoms with Gasteiger partial charge in [-0.25, -0.2) is 4.98 Å². The molecule has 0 atom stereocenters. The Hall–Kier alpha value is -0.810. The van der Waals surface area contributed by atoms with Gasteiger partial charge in [0.1, 0.15) is 5.82 Å². The van der Waals surface area contributed by atoms with Crippen molar-refractivity contribution in [2.75, 3.05) is 37.8 Å². The number of pyridine rings is 1. The molecule has 0 bridgehead atoms. The Balaban J connectivity index is 2.74. The highest BCUT2D eigenvalue weighted by atomic mass is 79.9. The van der Waals surface area contributed by atoms with Gasteiger partial charge in [-0.3, -0.25) is 0 Å². The average Bonchev–Trinajstić information content (AvgIpc) is 2.14. The maximum Gasteiger partial charge on any atom is 0.142 e. The second kappa shape index (κ2) is 5.17. The van der Waals surface area contributed by atoms with E-state index in [9.17, 15) is 0 Å². The Kier molecular flexibility index (Phi) is 4.16. The van der Waals surface area contributed by atoms with E-state index in [1.165, 1.54) is 0 Å². The van der Waals surface area contributed by atoms with E-state index >= 15 is 0 Å². The first-order valence-electron chi connectivity index (χ1n) is 4.42. The lowest BCUT2D eigenvalue weighted by molar-refractivity contribution is 0.760. The van der Waals surface area contributed by atoms with Gasteiger partial charge in [-0.2, -0.15) is 0 Å². The highest BCUT2D eigenvalue weighted by Crippen LogP contribution is 2.24. The first-order chi connectivity index (χ1) is 6.65. The van der Waals surface area contributed by atoms with E-state index in [0.29, 0.717) is 5.69 Å². The number of likely N-dealkylation sites (N-methyl/N-ethyl adjacent to an activating group) is 2. The number of aromatic nitrogens is 1. The van der Waals surface area contributed by atoms with Crippen LogP contribution in [0, 0.1) is 0 Å². The third-order valence-corrected chi connectivity index (χ3v) is 2.49. The summed E-state index contributed by atoms with van der Waals surface area (Å²) in [5.74, 6) is 0.912. The summed E-state index contributed by atoms with van der Waals surface area (Å²) >= 11 is 3.44. The number of nitrogens with two attached hydrogens (primary N) is 1. The SMILES string of the molecule is CNCCN(C)c1ncc(N)cc1Br. The molecular weight excluding hydrogens is 244 g/mol. The normalized spacial score (nSPS) is 10.2. The molecule has 78 valence electrons. The van der Waals surface area contributed by atoms with Crippen LogP contribution in [0.3, 0.4) is 0 Å². The Labute approximate surface area is 92.6 Å². The van der Waals surface area contributed by atoms with Crippen LogP contribution in [0.15, 0.2) is 16.7 Å². The highest BCUT2D eigenvalue weighted by molar-refractivity contribution is 9.10. The number of rotatable bonds is 4. The molecule has 0 saturated carbocycles. The van der Waals surface area contributed by atoms with Gasteiger partial charge in [-0.1, -0.05) is 0 Å². The fraction of sp³-hybridized carbons (Fsp3) is 0.444. The van der Waals surface area contributed by atoms with Gasteiger partial charge in [0.2, 0.25) is 0 Å². The van der Waals surface area contributed by atoms with Crippen LogP contribution >= 0.6 is 15.9 Å². The number of halogens is 1. The number of hydrogen-bond donors (Lipinski definition) is 2. The smallest absolute Gasteiger partial charge is 0.142 e. The summed E-state index contributed by atoms with van der Waals surface area (Å²) in [6, 6.07) is 1.86. The summed E-state index contributed by atoms with van der Waals surface area (Å²) in [6.07, 6.45) is 1.66. The van der Waals surface area contributed by atoms with Gasteiger partial charge in [0.25, 0.3) is 0 Å². The molecule has 4 nitrogen and oxygen atoms in total. The maximum atomic E-state index is 5.60. The van der Waals surface area contributed by atoms with Crippen molar-refractivity contribution in [2.45, 2.75) is 0 Å². The molecule has 1 aromatic rings. The van der Waals surface area contributed by atoms with Crippen molar-refractivity contribution in [2.24, 2.45) is 0 Å². The molecule has 0 aromatic carbocycles. The molecule has 3 N–H and O–H groups in total. The van der Waals surface area contributed by atoms with E-state index < -0.39 is 0 Å². The third-order valence-electron chi connectivity index (χ3n) is 1.90. The van der Waals surface area contributed by atoms with Gasteiger partial charge in [0.05, 0.1) is 16.4 Å². The Bertz CT molecular complexity index is 303. The molecule has 1 heterocycles. The van der Waals surface area contributed by atoms with Crippen LogP contribution < -0.4 is 16.0 Å². The zero-order valence-corrected chi connectivity index (χ0v) is 10.0. The van der Waals surface area contributed by atoms with E-state index in [4.69, 9.17) is 5.73 Å². The topological polar surface area (TPSA) is 54.2 Å². The zero-order chi connectivity index (χ0) is 10.6. The zero-order valence-electron chi connectivity index (χ0n) is 8.42. The molecule has 0 radical (unpaired) electrons. The van der Waals surface area contributed by atoms with Gasteiger partial charge >= 0.3 is 0 Å². The van der Waals surface area contributed by atoms with Gasteiger partial charge in [0.15, 0.2) is 0 Å². The van der Waals surface area contributed by atoms with Crippen LogP contribution in [0.4, 0.5) is 11.5 Å². The minimum absolute atomic E-state index is 0.669. The third kappa shape index (κ3) is 2.85. The molecule has 0 amide bonds. The summed E-state index contributed by atoms with van der Waals surface area (Å²) < 4.78 is 0.927. The van der Waals surface area contributed by atoms with Crippen molar-refractivity contribution in [3.8, 4) is 0 Å². The van der Waals surface area contributed by atoms with E-state index in [1.807, 2.05) is 20.2 Å². The predicted octanol–water partition coefficient (Wildman–Crippen LogP) is 1.08. The largest absolute Gasteiger partial charge is 0.397 e. The summed E-state index contributed by atoms with van der Waals surface area (Å²) in [7, 11) is 3.93. The molecule has 0 saturated heterocycles. The molecular formula is C9H15BrN4. The maximum absolute atomic E-state index is 5.60. The Morgan fingerprint density at radius 3 is 2.93 bits per heavy atom. The lowest BCUT2D eigenvalue weighted by atomic mass is 10.4. The van der Waals surface area contributed by atoms with Gasteiger partial charge in [-0.05, 0) is 29.0 Å². The van der Waals surface area contributed by atoms with Crippen LogP contribution in [-0.4, -0.2) is 32.2 Å². The van der Waals surface area contributed by atoms with E-state index in [0.717, 1.165) is 23.4 Å². The van der Waals surface area contributed by atoms with Crippen molar-refractivity contribution in [1.29, 1.82) is 0 Å². The summed E-state index contributed by atoms with van der Waals surface area (Å²) in [4.78, 5) is 6.33. The van der Waals surface area contributed by atoms with Crippen molar-refractivity contribution in [3.63, 3.8) is 0 Å². The number of nitrogen functional groups attached to an aromatic ring is 1. The Morgan fingerprint density at radius 1 is 1.64 bits per heavy atom. The number of hydrogen-bond acceptors (Lipinski definition) is 4. The summed E-state index contributed by atoms with van der Waals surface area (Å²) in [6.45, 7) is 1.83. The molecule has 0 aliphatic heterocycles. The van der Waals surface area contributed by atoms with Crippen molar-refractivity contribution < 1.29 is 0 Å². The predicted molar refractivity (Wildman–Crippen MR) is 63.5 cm³/mol. The van der Waals surface area contributed by atoms with E-state index in [2.05, 4.69) is 31.1 Å². The minimum atomic E-state index is 0.669. The first kappa shape index (κ1) is 11.3. The molecule has 0 unspecified atom stereocenters. The molecule has 0 spiro atoms. The molecule has 0 aliphatic carbocycles. The van der Waals surface area contributed by atoms with Gasteiger partial charge < -0.3 is 16.0 Å². The van der Waals surface area contributed by atoms with Gasteiger partial charge in [-0.15, -0.1) is 0 Å². The van der Waals surface area contributed by atoms with E-state index in [1.54, 1.807) is 6.20 Å². The monoisotopic (exact) mass is 258 g/mol. The second-order valence-corrected chi connectivity index (χ2v) is 3.95. The number of anilines is 2. The molecule has 0 fully saturated rings. The van der Waals surface area contributed by atoms with Crippen LogP contribution in [0.2, 0.25) is 0 Å². The van der Waals surface area contributed by atoms with Crippen LogP contribution in [-0.2, 0) is 0 Å². The molecule has 1 aromatic heterocycles. The fourth-order valence-corrected chi connectivity index (χ4v) is 1.78. The van der Waals surface area contributed by atoms with Crippen molar-refractivity contribution in [1.82, 2.24) is 10.3 Å². The number of nitrogens with zero attached hydrogens (tertiary/aromatic N) is 2. The molecule has 5 heteroatoms. The number of nitrogens with one attached hydrogen (secondary N) is 1. The van der Waals surface area contributed by atoms with Crippen LogP contribution in [0.25, 0.3) is 0 Å². The quantitative estimate of drug-likeness (QED) is 0.849. The van der Waals surface area contributed by atoms with E-state index in [-0.39, 0.29) is 0 Å². The van der Waals surface area contributed by atoms with Gasteiger partial charge in [0, 0.05) is 20.1 Å². The standard InChI is InChI=1S/C9H15BrN4/c1-12-3-4-14(2)9-8(10)5-7(11)6-13-9/h5-6,12H,3-4,11H2,1-2H3. The fourth-order valence-electron chi connectivity index (χ4n) is 1.11. The average molecular weight is 259 g/mol. The first-order valence-corrected chi connectivity index (χ1v) is 5.21. The van der Waals surface area contributed by atoms with Crippen LogP contribution in [0.1, 0.15) is 0 Å². The minimum Gasteiger partial charge on any atom is -0.397 e. The second-order valence-electron chi connectivity index (χ2n) is 3.10. The lowest BCUT2D eigenvalue weighted by Gasteiger charge is -2.19. The molecule has 0 aliphatic rings. The molecule has 1 rings (SSSR count). The molecule has 14 heavy (non-hydrogen) atoms. The summed E-state index contributed by atoms with van der Waals surface area (Å²) in [5, 5.41) is 3.09. The van der Waals surface area contributed by atoms with Crippen molar-refractivity contribution >= 4 is 27.4 Å². The van der Waals surface area contributed by atoms with Crippen molar-refractivity contribution in [3.05, 3.63) is 16.7 Å². The lowest BCUT2D eigenvalue weighted by Crippen LogP contribution is -2.27.